The highest BCUT2D eigenvalue weighted by molar-refractivity contribution is 9.10. The number of pyridine rings is 1. The van der Waals surface area contributed by atoms with Crippen LogP contribution >= 0.6 is 27.5 Å². The number of fused-ring (bicyclic) bond motifs is 3. The highest BCUT2D eigenvalue weighted by Gasteiger charge is 2.30. The van der Waals surface area contributed by atoms with Crippen molar-refractivity contribution in [2.75, 3.05) is 13.2 Å². The fraction of sp³-hybridized carbons (Fsp3) is 0.471. The van der Waals surface area contributed by atoms with E-state index in [1.807, 2.05) is 12.1 Å². The van der Waals surface area contributed by atoms with Gasteiger partial charge in [0, 0.05) is 22.0 Å². The average molecular weight is 426 g/mol. The maximum atomic E-state index is 9.84. The van der Waals surface area contributed by atoms with Gasteiger partial charge in [-0.25, -0.2) is 4.98 Å². The number of nitrogens with zero attached hydrogens (tertiary/aromatic N) is 2. The first-order valence-electron chi connectivity index (χ1n) is 8.50. The number of rotatable bonds is 4. The molecule has 25 heavy (non-hydrogen) atoms. The van der Waals surface area contributed by atoms with Crippen LogP contribution in [0.2, 0.25) is 11.8 Å². The number of aromatic nitrogens is 1. The molecule has 0 unspecified atom stereocenters. The summed E-state index contributed by atoms with van der Waals surface area (Å²) in [4.78, 5) is 6.69. The Morgan fingerprint density at radius 2 is 2.24 bits per heavy atom. The van der Waals surface area contributed by atoms with Crippen LogP contribution in [0.4, 0.5) is 0 Å². The van der Waals surface area contributed by atoms with Crippen LogP contribution in [0, 0.1) is 0 Å². The van der Waals surface area contributed by atoms with E-state index in [2.05, 4.69) is 25.7 Å². The fourth-order valence-corrected chi connectivity index (χ4v) is 4.54. The predicted octanol–water partition coefficient (Wildman–Crippen LogP) is 3.63. The van der Waals surface area contributed by atoms with Gasteiger partial charge in [0.25, 0.3) is 0 Å². The lowest BCUT2D eigenvalue weighted by Crippen LogP contribution is -2.43. The van der Waals surface area contributed by atoms with Gasteiger partial charge in [-0.15, -0.1) is 0 Å². The Hall–Kier alpha value is -0.855. The number of benzene rings is 1. The van der Waals surface area contributed by atoms with Gasteiger partial charge in [-0.3, -0.25) is 0 Å². The largest absolute Gasteiger partial charge is 0.476 e. The number of ether oxygens (including phenoxy) is 2. The molecule has 0 aliphatic carbocycles. The van der Waals surface area contributed by atoms with E-state index in [0.29, 0.717) is 30.7 Å². The van der Waals surface area contributed by atoms with Crippen molar-refractivity contribution >= 4 is 45.5 Å². The molecule has 1 aromatic carbocycles. The molecule has 4 rings (SSSR count). The van der Waals surface area contributed by atoms with E-state index in [1.54, 1.807) is 6.82 Å². The van der Waals surface area contributed by atoms with Crippen molar-refractivity contribution in [3.63, 3.8) is 0 Å². The van der Waals surface area contributed by atoms with E-state index < -0.39 is 7.05 Å². The standard InChI is InChI=1S/C17H19BBrClN2O3/c1-18(23)22-6-2-3-10(22)7-25-14-5-4-11-12-8-24-9-13(12)15(19)16(20)17(11)21-14/h4-5,10,23H,2-3,6-9H2,1H3/t10-/m0/s1. The second kappa shape index (κ2) is 7.04. The molecule has 0 radical (unpaired) electrons. The molecule has 0 amide bonds. The van der Waals surface area contributed by atoms with Crippen molar-refractivity contribution in [3.8, 4) is 5.88 Å². The van der Waals surface area contributed by atoms with Crippen LogP contribution in [0.15, 0.2) is 16.6 Å². The van der Waals surface area contributed by atoms with Crippen molar-refractivity contribution in [1.29, 1.82) is 0 Å². The Bertz CT molecular complexity index is 820. The molecule has 0 bridgehead atoms. The smallest absolute Gasteiger partial charge is 0.376 e. The Kier molecular flexibility index (Phi) is 4.94. The Morgan fingerprint density at radius 3 is 3.04 bits per heavy atom. The lowest BCUT2D eigenvalue weighted by molar-refractivity contribution is 0.134. The molecule has 8 heteroatoms. The van der Waals surface area contributed by atoms with Gasteiger partial charge in [-0.1, -0.05) is 11.6 Å². The van der Waals surface area contributed by atoms with Crippen molar-refractivity contribution in [1.82, 2.24) is 9.79 Å². The molecule has 1 atom stereocenters. The minimum Gasteiger partial charge on any atom is -0.476 e. The maximum absolute atomic E-state index is 9.84. The molecule has 5 nitrogen and oxygen atoms in total. The van der Waals surface area contributed by atoms with Gasteiger partial charge in [-0.2, -0.15) is 0 Å². The van der Waals surface area contributed by atoms with Crippen molar-refractivity contribution in [2.24, 2.45) is 0 Å². The Balaban J connectivity index is 1.60. The van der Waals surface area contributed by atoms with Crippen LogP contribution in [0.5, 0.6) is 5.88 Å². The zero-order valence-electron chi connectivity index (χ0n) is 14.0. The zero-order valence-corrected chi connectivity index (χ0v) is 16.3. The van der Waals surface area contributed by atoms with E-state index in [9.17, 15) is 5.02 Å². The van der Waals surface area contributed by atoms with E-state index in [0.717, 1.165) is 45.9 Å². The van der Waals surface area contributed by atoms with Gasteiger partial charge < -0.3 is 19.3 Å². The molecule has 0 saturated carbocycles. The molecule has 2 aromatic rings. The molecule has 3 heterocycles. The predicted molar refractivity (Wildman–Crippen MR) is 102 cm³/mol. The Labute approximate surface area is 160 Å². The lowest BCUT2D eigenvalue weighted by Gasteiger charge is -2.25. The Morgan fingerprint density at radius 1 is 1.44 bits per heavy atom. The summed E-state index contributed by atoms with van der Waals surface area (Å²) >= 11 is 10.1. The zero-order chi connectivity index (χ0) is 17.6. The summed E-state index contributed by atoms with van der Waals surface area (Å²) < 4.78 is 12.3. The molecule has 1 N–H and O–H groups in total. The fourth-order valence-electron chi connectivity index (χ4n) is 3.74. The van der Waals surface area contributed by atoms with Gasteiger partial charge in [0.1, 0.15) is 6.61 Å². The number of hydrogen-bond acceptors (Lipinski definition) is 5. The van der Waals surface area contributed by atoms with Crippen LogP contribution < -0.4 is 4.74 Å². The third-order valence-electron chi connectivity index (χ3n) is 5.04. The minimum absolute atomic E-state index is 0.216. The van der Waals surface area contributed by atoms with Gasteiger partial charge in [-0.05, 0) is 59.3 Å². The van der Waals surface area contributed by atoms with Gasteiger partial charge in [0.05, 0.1) is 23.8 Å². The first-order chi connectivity index (χ1) is 12.1. The molecule has 132 valence electrons. The molecule has 1 aromatic heterocycles. The van der Waals surface area contributed by atoms with Gasteiger partial charge in [0.15, 0.2) is 0 Å². The highest BCUT2D eigenvalue weighted by Crippen LogP contribution is 2.40. The average Bonchev–Trinajstić information content (AvgIpc) is 3.27. The van der Waals surface area contributed by atoms with Crippen molar-refractivity contribution < 1.29 is 14.5 Å². The summed E-state index contributed by atoms with van der Waals surface area (Å²) in [7, 11) is -0.450. The third kappa shape index (κ3) is 3.17. The topological polar surface area (TPSA) is 54.8 Å². The number of halogens is 2. The quantitative estimate of drug-likeness (QED) is 0.758. The summed E-state index contributed by atoms with van der Waals surface area (Å²) in [5, 5.41) is 11.4. The second-order valence-electron chi connectivity index (χ2n) is 6.60. The molecular formula is C17H19BBrClN2O3. The monoisotopic (exact) mass is 424 g/mol. The van der Waals surface area contributed by atoms with Crippen LogP contribution in [0.3, 0.4) is 0 Å². The normalized spacial score (nSPS) is 20.2. The maximum Gasteiger partial charge on any atom is 0.376 e. The van der Waals surface area contributed by atoms with Crippen LogP contribution in [-0.4, -0.2) is 41.1 Å². The molecule has 1 fully saturated rings. The summed E-state index contributed by atoms with van der Waals surface area (Å²) in [6, 6.07) is 4.10. The highest BCUT2D eigenvalue weighted by atomic mass is 79.9. The second-order valence-corrected chi connectivity index (χ2v) is 7.77. The van der Waals surface area contributed by atoms with E-state index in [4.69, 9.17) is 21.1 Å². The summed E-state index contributed by atoms with van der Waals surface area (Å²) in [5.74, 6) is 0.553. The van der Waals surface area contributed by atoms with Gasteiger partial charge in [0.2, 0.25) is 5.88 Å². The number of hydrogen-bond donors (Lipinski definition) is 1. The summed E-state index contributed by atoms with van der Waals surface area (Å²) in [5.41, 5.74) is 2.97. The van der Waals surface area contributed by atoms with Crippen LogP contribution in [0.25, 0.3) is 10.9 Å². The van der Waals surface area contributed by atoms with Gasteiger partial charge >= 0.3 is 7.05 Å². The lowest BCUT2D eigenvalue weighted by atomic mass is 9.84. The van der Waals surface area contributed by atoms with E-state index >= 15 is 0 Å². The molecule has 2 aliphatic heterocycles. The minimum atomic E-state index is -0.450. The van der Waals surface area contributed by atoms with Crippen LogP contribution in [-0.2, 0) is 18.0 Å². The third-order valence-corrected chi connectivity index (χ3v) is 6.52. The molecule has 2 aliphatic rings. The first-order valence-corrected chi connectivity index (χ1v) is 9.67. The summed E-state index contributed by atoms with van der Waals surface area (Å²) in [6.45, 7) is 4.36. The molecular weight excluding hydrogens is 406 g/mol. The van der Waals surface area contributed by atoms with Crippen molar-refractivity contribution in [2.45, 2.75) is 38.9 Å². The van der Waals surface area contributed by atoms with E-state index in [-0.39, 0.29) is 6.04 Å². The molecule has 1 saturated heterocycles. The molecule has 0 spiro atoms. The van der Waals surface area contributed by atoms with E-state index in [1.165, 1.54) is 0 Å². The van der Waals surface area contributed by atoms with Crippen LogP contribution in [0.1, 0.15) is 24.0 Å². The first kappa shape index (κ1) is 17.6. The van der Waals surface area contributed by atoms with Crippen molar-refractivity contribution in [3.05, 3.63) is 32.8 Å². The summed E-state index contributed by atoms with van der Waals surface area (Å²) in [6.07, 6.45) is 2.10. The SMILES string of the molecule is CB(O)N1CCC[C@H]1COc1ccc2c3c(c(Br)c(Cl)c2n1)COC3.